The van der Waals surface area contributed by atoms with Gasteiger partial charge in [-0.15, -0.1) is 0 Å². The van der Waals surface area contributed by atoms with Crippen LogP contribution in [0.4, 0.5) is 0 Å². The van der Waals surface area contributed by atoms with E-state index in [-0.39, 0.29) is 17.2 Å². The lowest BCUT2D eigenvalue weighted by Crippen LogP contribution is -2.28. The van der Waals surface area contributed by atoms with E-state index in [0.717, 1.165) is 0 Å². The second-order valence-electron chi connectivity index (χ2n) is 4.55. The fraction of sp³-hybridized carbons (Fsp3) is 0.154. The van der Waals surface area contributed by atoms with Crippen LogP contribution in [0.3, 0.4) is 0 Å². The highest BCUT2D eigenvalue weighted by atomic mass is 16.6. The van der Waals surface area contributed by atoms with E-state index in [1.165, 1.54) is 24.3 Å². The molecule has 3 N–H and O–H groups in total. The van der Waals surface area contributed by atoms with E-state index in [2.05, 4.69) is 30.6 Å². The molecule has 1 aliphatic rings. The molecule has 0 fully saturated rings. The average molecular weight is 301 g/mol. The summed E-state index contributed by atoms with van der Waals surface area (Å²) in [5.41, 5.74) is 4.09. The molecule has 0 unspecified atom stereocenters. The molecule has 112 valence electrons. The van der Waals surface area contributed by atoms with Gasteiger partial charge in [0, 0.05) is 18.4 Å². The number of aromatic hydroxyl groups is 1. The second kappa shape index (κ2) is 5.64. The third kappa shape index (κ3) is 2.51. The number of carbonyl (C=O) groups excluding carboxylic acids is 1. The normalized spacial score (nSPS) is 17.5. The lowest BCUT2D eigenvalue weighted by Gasteiger charge is -2.11. The fourth-order valence-electron chi connectivity index (χ4n) is 2.04. The van der Waals surface area contributed by atoms with Gasteiger partial charge < -0.3 is 10.3 Å². The first-order valence-corrected chi connectivity index (χ1v) is 6.39. The first kappa shape index (κ1) is 13.7. The molecule has 2 aromatic rings. The van der Waals surface area contributed by atoms with Crippen LogP contribution in [0.15, 0.2) is 39.2 Å². The number of benzene rings is 1. The van der Waals surface area contributed by atoms with Gasteiger partial charge in [-0.05, 0) is 29.4 Å². The number of amides is 1. The van der Waals surface area contributed by atoms with Gasteiger partial charge in [-0.2, -0.15) is 5.10 Å². The van der Waals surface area contributed by atoms with Gasteiger partial charge in [0.05, 0.1) is 0 Å². The van der Waals surface area contributed by atoms with Crippen molar-refractivity contribution in [1.82, 2.24) is 15.7 Å². The number of hydrogen-bond donors (Lipinski definition) is 3. The maximum Gasteiger partial charge on any atom is 0.271 e. The minimum Gasteiger partial charge on any atom is -0.508 e. The molecule has 0 spiro atoms. The first-order chi connectivity index (χ1) is 10.7. The zero-order valence-electron chi connectivity index (χ0n) is 11.2. The summed E-state index contributed by atoms with van der Waals surface area (Å²) in [5.74, 6) is -0.420. The summed E-state index contributed by atoms with van der Waals surface area (Å²) < 4.78 is 4.64. The number of hydrogen-bond acceptors (Lipinski definition) is 8. The summed E-state index contributed by atoms with van der Waals surface area (Å²) in [7, 11) is 0. The Morgan fingerprint density at radius 2 is 2.00 bits per heavy atom. The topological polar surface area (TPSA) is 133 Å². The van der Waals surface area contributed by atoms with Crippen LogP contribution in [0.2, 0.25) is 0 Å². The lowest BCUT2D eigenvalue weighted by molar-refractivity contribution is 0.0955. The Morgan fingerprint density at radius 3 is 2.73 bits per heavy atom. The lowest BCUT2D eigenvalue weighted by atomic mass is 9.97. The van der Waals surface area contributed by atoms with Gasteiger partial charge in [-0.1, -0.05) is 10.3 Å². The molecular weight excluding hydrogens is 290 g/mol. The summed E-state index contributed by atoms with van der Waals surface area (Å²) in [6.07, 6.45) is 0.925. The Labute approximate surface area is 123 Å². The summed E-state index contributed by atoms with van der Waals surface area (Å²) in [6.45, 7) is 0. The molecule has 0 saturated carbocycles. The summed E-state index contributed by atoms with van der Waals surface area (Å²) >= 11 is 0. The maximum absolute atomic E-state index is 12.0. The van der Waals surface area contributed by atoms with Crippen LogP contribution < -0.4 is 5.43 Å². The monoisotopic (exact) mass is 301 g/mol. The maximum atomic E-state index is 12.0. The zero-order valence-corrected chi connectivity index (χ0v) is 11.2. The van der Waals surface area contributed by atoms with Crippen molar-refractivity contribution in [2.75, 3.05) is 0 Å². The average Bonchev–Trinajstić information content (AvgIpc) is 3.01. The highest BCUT2D eigenvalue weighted by Gasteiger charge is 2.27. The Kier molecular flexibility index (Phi) is 3.52. The van der Waals surface area contributed by atoms with E-state index < -0.39 is 5.91 Å². The van der Waals surface area contributed by atoms with Gasteiger partial charge in [0.2, 0.25) is 0 Å². The number of hydrazone groups is 1. The molecule has 0 aliphatic heterocycles. The molecule has 22 heavy (non-hydrogen) atoms. The molecule has 0 bridgehead atoms. The minimum atomic E-state index is -0.478. The van der Waals surface area contributed by atoms with Crippen LogP contribution in [-0.2, 0) is 6.42 Å². The Balaban J connectivity index is 1.85. The number of carbonyl (C=O) groups is 1. The van der Waals surface area contributed by atoms with Crippen molar-refractivity contribution in [1.29, 1.82) is 0 Å². The van der Waals surface area contributed by atoms with E-state index in [1.807, 2.05) is 0 Å². The molecule has 9 nitrogen and oxygen atoms in total. The van der Waals surface area contributed by atoms with Gasteiger partial charge in [0.1, 0.15) is 22.9 Å². The highest BCUT2D eigenvalue weighted by Crippen LogP contribution is 2.16. The third-order valence-corrected chi connectivity index (χ3v) is 3.17. The van der Waals surface area contributed by atoms with Crippen molar-refractivity contribution in [2.24, 2.45) is 10.3 Å². The molecule has 0 saturated heterocycles. The van der Waals surface area contributed by atoms with Gasteiger partial charge in [0.15, 0.2) is 5.69 Å². The van der Waals surface area contributed by atoms with Gasteiger partial charge in [0.25, 0.3) is 5.91 Å². The molecule has 1 amide bonds. The Bertz CT molecular complexity index is 763. The van der Waals surface area contributed by atoms with E-state index in [4.69, 9.17) is 5.21 Å². The van der Waals surface area contributed by atoms with Crippen LogP contribution >= 0.6 is 0 Å². The summed E-state index contributed by atoms with van der Waals surface area (Å²) in [6, 6.07) is 5.69. The number of phenols is 1. The quantitative estimate of drug-likeness (QED) is 0.552. The third-order valence-electron chi connectivity index (χ3n) is 3.17. The number of nitrogens with zero attached hydrogens (tertiary/aromatic N) is 4. The van der Waals surface area contributed by atoms with Crippen molar-refractivity contribution in [3.8, 4) is 5.75 Å². The number of aryl methyl sites for hydroxylation is 1. The van der Waals surface area contributed by atoms with Crippen LogP contribution in [0, 0.1) is 0 Å². The molecule has 0 radical (unpaired) electrons. The van der Waals surface area contributed by atoms with Crippen molar-refractivity contribution in [2.45, 2.75) is 12.8 Å². The van der Waals surface area contributed by atoms with Crippen LogP contribution in [0.25, 0.3) is 0 Å². The fourth-order valence-corrected chi connectivity index (χ4v) is 2.04. The zero-order chi connectivity index (χ0) is 15.5. The van der Waals surface area contributed by atoms with Gasteiger partial charge in [-0.25, -0.2) is 10.1 Å². The summed E-state index contributed by atoms with van der Waals surface area (Å²) in [5, 5.41) is 32.8. The molecular formula is C13H11N5O4. The second-order valence-corrected chi connectivity index (χ2v) is 4.55. The number of fused-ring (bicyclic) bond motifs is 1. The van der Waals surface area contributed by atoms with Crippen LogP contribution in [-0.4, -0.2) is 38.0 Å². The number of phenolic OH excluding ortho intramolecular Hbond substituents is 1. The van der Waals surface area contributed by atoms with E-state index in [9.17, 15) is 9.90 Å². The number of rotatable bonds is 2. The Hall–Kier alpha value is -3.23. The molecule has 1 aromatic heterocycles. The van der Waals surface area contributed by atoms with E-state index in [1.54, 1.807) is 0 Å². The summed E-state index contributed by atoms with van der Waals surface area (Å²) in [4.78, 5) is 12.0. The van der Waals surface area contributed by atoms with Crippen LogP contribution in [0.1, 0.15) is 28.2 Å². The van der Waals surface area contributed by atoms with Gasteiger partial charge >= 0.3 is 0 Å². The standard InChI is InChI=1S/C13H11N5O4/c19-8-3-1-7(2-4-8)13(20)15-14-11-9(16-21)5-6-10-12(11)18-22-17-10/h1-4,19,21H,5-6H2,(H,15,20)/b14-11+,16-9+. The predicted molar refractivity (Wildman–Crippen MR) is 74.0 cm³/mol. The van der Waals surface area contributed by atoms with Gasteiger partial charge in [-0.3, -0.25) is 4.79 Å². The van der Waals surface area contributed by atoms with Crippen molar-refractivity contribution < 1.29 is 19.7 Å². The molecule has 9 heteroatoms. The minimum absolute atomic E-state index is 0.0585. The molecule has 1 aromatic carbocycles. The molecule has 0 atom stereocenters. The SMILES string of the molecule is O=C(N/N=C1\C(=N\O)CCc2nonc21)c1ccc(O)cc1. The smallest absolute Gasteiger partial charge is 0.271 e. The van der Waals surface area contributed by atoms with Crippen molar-refractivity contribution >= 4 is 17.3 Å². The van der Waals surface area contributed by atoms with Crippen LogP contribution in [0.5, 0.6) is 5.75 Å². The van der Waals surface area contributed by atoms with E-state index in [0.29, 0.717) is 29.8 Å². The number of aromatic nitrogens is 2. The molecule has 1 aliphatic carbocycles. The molecule has 3 rings (SSSR count). The van der Waals surface area contributed by atoms with E-state index >= 15 is 0 Å². The predicted octanol–water partition coefficient (Wildman–Crippen LogP) is 0.686. The highest BCUT2D eigenvalue weighted by molar-refractivity contribution is 6.48. The Morgan fingerprint density at radius 1 is 1.23 bits per heavy atom. The van der Waals surface area contributed by atoms with Crippen molar-refractivity contribution in [3.63, 3.8) is 0 Å². The van der Waals surface area contributed by atoms with Crippen molar-refractivity contribution in [3.05, 3.63) is 41.2 Å². The largest absolute Gasteiger partial charge is 0.508 e. The first-order valence-electron chi connectivity index (χ1n) is 6.39. The number of nitrogens with one attached hydrogen (secondary N) is 1. The number of oxime groups is 1. The molecule has 1 heterocycles.